The van der Waals surface area contributed by atoms with Crippen LogP contribution in [0.25, 0.3) is 0 Å². The molecule has 0 atom stereocenters. The zero-order valence-electron chi connectivity index (χ0n) is 9.40. The number of hydrogen-bond acceptors (Lipinski definition) is 2. The minimum atomic E-state index is -0.323. The van der Waals surface area contributed by atoms with E-state index in [4.69, 9.17) is 4.74 Å². The Morgan fingerprint density at radius 3 is 2.78 bits per heavy atom. The summed E-state index contributed by atoms with van der Waals surface area (Å²) < 4.78 is 19.7. The molecule has 18 heavy (non-hydrogen) atoms. The van der Waals surface area contributed by atoms with Gasteiger partial charge in [-0.3, -0.25) is 4.79 Å². The Balaban J connectivity index is 2.08. The summed E-state index contributed by atoms with van der Waals surface area (Å²) in [4.78, 5) is 10.6. The molecule has 0 saturated heterocycles. The fraction of sp³-hybridized carbons (Fsp3) is 0.0714. The van der Waals surface area contributed by atoms with Crippen LogP contribution in [0.1, 0.15) is 15.9 Å². The second kappa shape index (κ2) is 5.78. The van der Waals surface area contributed by atoms with E-state index in [0.717, 1.165) is 6.29 Å². The van der Waals surface area contributed by atoms with Gasteiger partial charge in [-0.25, -0.2) is 4.39 Å². The molecule has 0 aliphatic rings. The van der Waals surface area contributed by atoms with E-state index < -0.39 is 0 Å². The first kappa shape index (κ1) is 12.8. The first-order chi connectivity index (χ1) is 8.69. The molecular weight excluding hydrogens is 299 g/mol. The Kier molecular flexibility index (Phi) is 4.10. The van der Waals surface area contributed by atoms with Crippen molar-refractivity contribution >= 4 is 22.2 Å². The highest BCUT2D eigenvalue weighted by Crippen LogP contribution is 2.18. The molecule has 4 heteroatoms. The highest BCUT2D eigenvalue weighted by Gasteiger charge is 2.04. The molecule has 2 aromatic rings. The monoisotopic (exact) mass is 308 g/mol. The summed E-state index contributed by atoms with van der Waals surface area (Å²) in [5, 5.41) is 0. The Bertz CT molecular complexity index is 569. The number of rotatable bonds is 4. The second-order valence-electron chi connectivity index (χ2n) is 3.71. The second-order valence-corrected chi connectivity index (χ2v) is 4.63. The van der Waals surface area contributed by atoms with Gasteiger partial charge in [-0.15, -0.1) is 0 Å². The lowest BCUT2D eigenvalue weighted by Crippen LogP contribution is -1.98. The van der Waals surface area contributed by atoms with Crippen LogP contribution in [0.2, 0.25) is 0 Å². The van der Waals surface area contributed by atoms with Gasteiger partial charge in [-0.05, 0) is 24.3 Å². The molecule has 0 N–H and O–H groups in total. The fourth-order valence-corrected chi connectivity index (χ4v) is 1.81. The summed E-state index contributed by atoms with van der Waals surface area (Å²) in [5.74, 6) is 0.220. The van der Waals surface area contributed by atoms with E-state index >= 15 is 0 Å². The van der Waals surface area contributed by atoms with Crippen molar-refractivity contribution in [1.29, 1.82) is 0 Å². The van der Waals surface area contributed by atoms with Gasteiger partial charge >= 0.3 is 0 Å². The Morgan fingerprint density at radius 2 is 2.06 bits per heavy atom. The van der Waals surface area contributed by atoms with Gasteiger partial charge in [0.05, 0.1) is 0 Å². The van der Waals surface area contributed by atoms with Crippen molar-refractivity contribution in [2.75, 3.05) is 0 Å². The Morgan fingerprint density at radius 1 is 1.22 bits per heavy atom. The number of carbonyl (C=O) groups is 1. The molecule has 0 aromatic heterocycles. The number of aldehydes is 1. The van der Waals surface area contributed by atoms with E-state index in [1.165, 1.54) is 6.07 Å². The van der Waals surface area contributed by atoms with Gasteiger partial charge in [0.2, 0.25) is 0 Å². The van der Waals surface area contributed by atoms with E-state index in [-0.39, 0.29) is 12.4 Å². The summed E-state index contributed by atoms with van der Waals surface area (Å²) >= 11 is 3.19. The average Bonchev–Trinajstić information content (AvgIpc) is 2.38. The smallest absolute Gasteiger partial charge is 0.150 e. The summed E-state index contributed by atoms with van der Waals surface area (Å²) in [7, 11) is 0. The van der Waals surface area contributed by atoms with Gasteiger partial charge in [0.15, 0.2) is 0 Å². The number of ether oxygens (including phenoxy) is 1. The molecule has 0 amide bonds. The third-order valence-electron chi connectivity index (χ3n) is 2.40. The fourth-order valence-electron chi connectivity index (χ4n) is 1.48. The number of carbonyl (C=O) groups excluding carboxylic acids is 1. The zero-order chi connectivity index (χ0) is 13.0. The normalized spacial score (nSPS) is 10.1. The van der Waals surface area contributed by atoms with Crippen LogP contribution in [0.4, 0.5) is 4.39 Å². The molecule has 0 radical (unpaired) electrons. The summed E-state index contributed by atoms with van der Waals surface area (Å²) in [6.45, 7) is 0.126. The van der Waals surface area contributed by atoms with Crippen molar-refractivity contribution in [2.45, 2.75) is 6.61 Å². The van der Waals surface area contributed by atoms with Gasteiger partial charge in [-0.1, -0.05) is 34.1 Å². The average molecular weight is 309 g/mol. The molecule has 2 aromatic carbocycles. The SMILES string of the molecule is O=Cc1cccc(OCc2ccc(Br)cc2F)c1. The van der Waals surface area contributed by atoms with Crippen molar-refractivity contribution in [1.82, 2.24) is 0 Å². The van der Waals surface area contributed by atoms with Gasteiger partial charge < -0.3 is 4.74 Å². The molecule has 0 unspecified atom stereocenters. The minimum Gasteiger partial charge on any atom is -0.489 e. The molecule has 0 bridgehead atoms. The van der Waals surface area contributed by atoms with Crippen molar-refractivity contribution in [3.63, 3.8) is 0 Å². The first-order valence-electron chi connectivity index (χ1n) is 5.31. The molecule has 92 valence electrons. The standard InChI is InChI=1S/C14H10BrFO2/c15-12-5-4-11(14(16)7-12)9-18-13-3-1-2-10(6-13)8-17/h1-8H,9H2. The Labute approximate surface area is 113 Å². The van der Waals surface area contributed by atoms with Crippen LogP contribution in [-0.2, 0) is 6.61 Å². The summed E-state index contributed by atoms with van der Waals surface area (Å²) in [6, 6.07) is 11.5. The zero-order valence-corrected chi connectivity index (χ0v) is 11.0. The highest BCUT2D eigenvalue weighted by atomic mass is 79.9. The maximum Gasteiger partial charge on any atom is 0.150 e. The van der Waals surface area contributed by atoms with Crippen molar-refractivity contribution in [2.24, 2.45) is 0 Å². The molecule has 0 heterocycles. The van der Waals surface area contributed by atoms with Crippen LogP contribution >= 0.6 is 15.9 Å². The van der Waals surface area contributed by atoms with E-state index in [0.29, 0.717) is 21.3 Å². The lowest BCUT2D eigenvalue weighted by atomic mass is 10.2. The van der Waals surface area contributed by atoms with E-state index in [1.54, 1.807) is 36.4 Å². The molecule has 0 fully saturated rings. The molecule has 2 rings (SSSR count). The van der Waals surface area contributed by atoms with Crippen LogP contribution in [0.5, 0.6) is 5.75 Å². The topological polar surface area (TPSA) is 26.3 Å². The maximum atomic E-state index is 13.5. The highest BCUT2D eigenvalue weighted by molar-refractivity contribution is 9.10. The molecular formula is C14H10BrFO2. The van der Waals surface area contributed by atoms with Gasteiger partial charge in [-0.2, -0.15) is 0 Å². The van der Waals surface area contributed by atoms with Crippen molar-refractivity contribution in [3.05, 3.63) is 63.9 Å². The number of halogens is 2. The largest absolute Gasteiger partial charge is 0.489 e. The van der Waals surface area contributed by atoms with Crippen LogP contribution in [0.15, 0.2) is 46.9 Å². The minimum absolute atomic E-state index is 0.126. The molecule has 0 aliphatic heterocycles. The van der Waals surface area contributed by atoms with Gasteiger partial charge in [0.1, 0.15) is 24.5 Å². The lowest BCUT2D eigenvalue weighted by molar-refractivity contribution is 0.112. The van der Waals surface area contributed by atoms with Crippen LogP contribution in [0, 0.1) is 5.82 Å². The molecule has 0 aliphatic carbocycles. The summed E-state index contributed by atoms with van der Waals surface area (Å²) in [6.07, 6.45) is 0.743. The first-order valence-corrected chi connectivity index (χ1v) is 6.10. The van der Waals surface area contributed by atoms with E-state index in [9.17, 15) is 9.18 Å². The van der Waals surface area contributed by atoms with Gasteiger partial charge in [0, 0.05) is 15.6 Å². The third-order valence-corrected chi connectivity index (χ3v) is 2.90. The quantitative estimate of drug-likeness (QED) is 0.799. The predicted octanol–water partition coefficient (Wildman–Crippen LogP) is 3.98. The van der Waals surface area contributed by atoms with Crippen LogP contribution < -0.4 is 4.74 Å². The third kappa shape index (κ3) is 3.17. The van der Waals surface area contributed by atoms with E-state index in [2.05, 4.69) is 15.9 Å². The predicted molar refractivity (Wildman–Crippen MR) is 70.3 cm³/mol. The van der Waals surface area contributed by atoms with Crippen molar-refractivity contribution < 1.29 is 13.9 Å². The van der Waals surface area contributed by atoms with Gasteiger partial charge in [0.25, 0.3) is 0 Å². The molecule has 0 saturated carbocycles. The number of hydrogen-bond donors (Lipinski definition) is 0. The number of benzene rings is 2. The molecule has 0 spiro atoms. The van der Waals surface area contributed by atoms with E-state index in [1.807, 2.05) is 0 Å². The van der Waals surface area contributed by atoms with Crippen LogP contribution in [0.3, 0.4) is 0 Å². The van der Waals surface area contributed by atoms with Crippen LogP contribution in [-0.4, -0.2) is 6.29 Å². The Hall–Kier alpha value is -1.68. The lowest BCUT2D eigenvalue weighted by Gasteiger charge is -2.07. The maximum absolute atomic E-state index is 13.5. The molecule has 2 nitrogen and oxygen atoms in total. The summed E-state index contributed by atoms with van der Waals surface area (Å²) in [5.41, 5.74) is 0.999. The van der Waals surface area contributed by atoms with Crippen molar-refractivity contribution in [3.8, 4) is 5.75 Å².